The third-order valence-corrected chi connectivity index (χ3v) is 8.61. The van der Waals surface area contributed by atoms with Gasteiger partial charge >= 0.3 is 0 Å². The topological polar surface area (TPSA) is 62.6 Å². The van der Waals surface area contributed by atoms with Crippen LogP contribution in [0, 0.1) is 6.92 Å². The van der Waals surface area contributed by atoms with E-state index in [0.717, 1.165) is 21.4 Å². The minimum Gasteiger partial charge on any atom is -0.334 e. The first-order chi connectivity index (χ1) is 14.7. The van der Waals surface area contributed by atoms with Crippen molar-refractivity contribution in [3.8, 4) is 0 Å². The Morgan fingerprint density at radius 3 is 2.55 bits per heavy atom. The van der Waals surface area contributed by atoms with E-state index in [1.54, 1.807) is 40.5 Å². The molecule has 2 aromatic heterocycles. The molecule has 0 aliphatic carbocycles. The molecule has 1 aromatic carbocycles. The largest absolute Gasteiger partial charge is 0.334 e. The average Bonchev–Trinajstić information content (AvgIpc) is 3.30. The molecular weight excluding hydrogens is 430 g/mol. The maximum Gasteiger partial charge on any atom is 0.270 e. The van der Waals surface area contributed by atoms with Crippen LogP contribution < -0.4 is 0 Å². The Bertz CT molecular complexity index is 1240. The van der Waals surface area contributed by atoms with Crippen molar-refractivity contribution < 1.29 is 13.2 Å². The predicted octanol–water partition coefficient (Wildman–Crippen LogP) is 4.12. The number of thiophene rings is 1. The minimum atomic E-state index is -3.60. The molecule has 1 aliphatic rings. The summed E-state index contributed by atoms with van der Waals surface area (Å²) >= 11 is 1.61. The molecule has 3 heterocycles. The SMILES string of the molecule is C=C(C)Cn1c(C(=O)N2CCN(S(=O)(=O)c3ccc(C)cc3)C(C)C2)cc2ccsc21. The molecule has 31 heavy (non-hydrogen) atoms. The minimum absolute atomic E-state index is 0.0658. The van der Waals surface area contributed by atoms with Gasteiger partial charge in [0.15, 0.2) is 0 Å². The molecule has 0 spiro atoms. The fraction of sp³-hybridized carbons (Fsp3) is 0.348. The molecule has 0 radical (unpaired) electrons. The van der Waals surface area contributed by atoms with Gasteiger partial charge in [0.1, 0.15) is 10.5 Å². The monoisotopic (exact) mass is 457 g/mol. The Morgan fingerprint density at radius 2 is 1.90 bits per heavy atom. The van der Waals surface area contributed by atoms with Crippen LogP contribution in [0.1, 0.15) is 29.9 Å². The van der Waals surface area contributed by atoms with Gasteiger partial charge in [-0.15, -0.1) is 11.3 Å². The Kier molecular flexibility index (Phi) is 5.81. The molecule has 1 unspecified atom stereocenters. The molecule has 1 saturated heterocycles. The number of amides is 1. The second-order valence-corrected chi connectivity index (χ2v) is 11.1. The summed E-state index contributed by atoms with van der Waals surface area (Å²) in [4.78, 5) is 16.5. The summed E-state index contributed by atoms with van der Waals surface area (Å²) in [7, 11) is -3.60. The molecule has 6 nitrogen and oxygen atoms in total. The van der Waals surface area contributed by atoms with Crippen molar-refractivity contribution in [2.24, 2.45) is 0 Å². The lowest BCUT2D eigenvalue weighted by atomic mass is 10.2. The molecule has 1 atom stereocenters. The highest BCUT2D eigenvalue weighted by atomic mass is 32.2. The zero-order valence-electron chi connectivity index (χ0n) is 18.0. The lowest BCUT2D eigenvalue weighted by Crippen LogP contribution is -2.55. The van der Waals surface area contributed by atoms with Gasteiger partial charge in [0.2, 0.25) is 10.0 Å². The lowest BCUT2D eigenvalue weighted by Gasteiger charge is -2.39. The van der Waals surface area contributed by atoms with Gasteiger partial charge in [-0.2, -0.15) is 4.31 Å². The van der Waals surface area contributed by atoms with Crippen LogP contribution >= 0.6 is 11.3 Å². The number of piperazine rings is 1. The fourth-order valence-electron chi connectivity index (χ4n) is 4.07. The first kappa shape index (κ1) is 21.8. The highest BCUT2D eigenvalue weighted by Crippen LogP contribution is 2.28. The van der Waals surface area contributed by atoms with E-state index in [4.69, 9.17) is 0 Å². The molecule has 8 heteroatoms. The third-order valence-electron chi connectivity index (χ3n) is 5.63. The molecule has 164 valence electrons. The number of benzene rings is 1. The molecule has 0 saturated carbocycles. The Morgan fingerprint density at radius 1 is 1.19 bits per heavy atom. The van der Waals surface area contributed by atoms with Gasteiger partial charge in [0, 0.05) is 37.6 Å². The second-order valence-electron chi connectivity index (χ2n) is 8.28. The molecule has 1 aliphatic heterocycles. The Hall–Kier alpha value is -2.42. The first-order valence-electron chi connectivity index (χ1n) is 10.3. The van der Waals surface area contributed by atoms with Crippen molar-refractivity contribution >= 4 is 37.5 Å². The normalized spacial score (nSPS) is 17.9. The van der Waals surface area contributed by atoms with Crippen LogP contribution in [0.2, 0.25) is 0 Å². The van der Waals surface area contributed by atoms with Crippen LogP contribution in [-0.4, -0.2) is 53.8 Å². The van der Waals surface area contributed by atoms with Crippen molar-refractivity contribution in [2.75, 3.05) is 19.6 Å². The van der Waals surface area contributed by atoms with Gasteiger partial charge in [-0.1, -0.05) is 29.8 Å². The number of fused-ring (bicyclic) bond motifs is 1. The van der Waals surface area contributed by atoms with E-state index in [0.29, 0.717) is 30.2 Å². The van der Waals surface area contributed by atoms with Crippen molar-refractivity contribution in [2.45, 2.75) is 38.3 Å². The highest BCUT2D eigenvalue weighted by molar-refractivity contribution is 7.89. The van der Waals surface area contributed by atoms with Gasteiger partial charge in [0.05, 0.1) is 4.90 Å². The van der Waals surface area contributed by atoms with Gasteiger partial charge < -0.3 is 9.47 Å². The van der Waals surface area contributed by atoms with Crippen LogP contribution in [-0.2, 0) is 16.6 Å². The summed E-state index contributed by atoms with van der Waals surface area (Å²) in [5, 5.41) is 3.06. The van der Waals surface area contributed by atoms with Gasteiger partial charge in [0.25, 0.3) is 5.91 Å². The van der Waals surface area contributed by atoms with Crippen molar-refractivity contribution in [3.63, 3.8) is 0 Å². The van der Waals surface area contributed by atoms with Crippen molar-refractivity contribution in [1.29, 1.82) is 0 Å². The molecule has 0 N–H and O–H groups in total. The molecule has 4 rings (SSSR count). The maximum absolute atomic E-state index is 13.4. The molecule has 1 amide bonds. The quantitative estimate of drug-likeness (QED) is 0.542. The third kappa shape index (κ3) is 4.07. The number of rotatable bonds is 5. The van der Waals surface area contributed by atoms with E-state index in [1.165, 1.54) is 4.31 Å². The zero-order valence-corrected chi connectivity index (χ0v) is 19.7. The average molecular weight is 458 g/mol. The van der Waals surface area contributed by atoms with E-state index >= 15 is 0 Å². The Labute approximate surface area is 187 Å². The van der Waals surface area contributed by atoms with Crippen LogP contribution in [0.3, 0.4) is 0 Å². The van der Waals surface area contributed by atoms with E-state index < -0.39 is 10.0 Å². The van der Waals surface area contributed by atoms with E-state index in [-0.39, 0.29) is 18.5 Å². The number of allylic oxidation sites excluding steroid dienone is 1. The number of carbonyl (C=O) groups is 1. The fourth-order valence-corrected chi connectivity index (χ4v) is 6.58. The highest BCUT2D eigenvalue weighted by Gasteiger charge is 2.36. The smallest absolute Gasteiger partial charge is 0.270 e. The van der Waals surface area contributed by atoms with E-state index in [9.17, 15) is 13.2 Å². The molecule has 0 bridgehead atoms. The maximum atomic E-state index is 13.4. The molecule has 3 aromatic rings. The standard InChI is InChI=1S/C23H27N3O3S2/c1-16(2)14-25-21(13-19-9-12-30-23(19)25)22(27)24-10-11-26(18(4)15-24)31(28,29)20-7-5-17(3)6-8-20/h5-9,12-13,18H,1,10-11,14-15H2,2-4H3. The zero-order chi connectivity index (χ0) is 22.3. The first-order valence-corrected chi connectivity index (χ1v) is 12.6. The van der Waals surface area contributed by atoms with Crippen LogP contribution in [0.4, 0.5) is 0 Å². The van der Waals surface area contributed by atoms with Crippen LogP contribution in [0.5, 0.6) is 0 Å². The number of nitrogens with zero attached hydrogens (tertiary/aromatic N) is 3. The van der Waals surface area contributed by atoms with Gasteiger partial charge in [-0.3, -0.25) is 4.79 Å². The van der Waals surface area contributed by atoms with Crippen LogP contribution in [0.15, 0.2) is 58.8 Å². The second kappa shape index (κ2) is 8.26. The van der Waals surface area contributed by atoms with Gasteiger partial charge in [-0.25, -0.2) is 8.42 Å². The number of hydrogen-bond acceptors (Lipinski definition) is 4. The molecular formula is C23H27N3O3S2. The predicted molar refractivity (Wildman–Crippen MR) is 125 cm³/mol. The van der Waals surface area contributed by atoms with Crippen molar-refractivity contribution in [3.05, 3.63) is 65.2 Å². The summed E-state index contributed by atoms with van der Waals surface area (Å²) < 4.78 is 29.8. The lowest BCUT2D eigenvalue weighted by molar-refractivity contribution is 0.0632. The Balaban J connectivity index is 1.56. The summed E-state index contributed by atoms with van der Waals surface area (Å²) in [5.74, 6) is -0.0658. The van der Waals surface area contributed by atoms with Gasteiger partial charge in [-0.05, 0) is 50.4 Å². The van der Waals surface area contributed by atoms with E-state index in [2.05, 4.69) is 6.58 Å². The molecule has 1 fully saturated rings. The summed E-state index contributed by atoms with van der Waals surface area (Å²) in [5.41, 5.74) is 2.62. The summed E-state index contributed by atoms with van der Waals surface area (Å²) in [6, 6.07) is 10.5. The van der Waals surface area contributed by atoms with E-state index in [1.807, 2.05) is 42.9 Å². The number of hydrogen-bond donors (Lipinski definition) is 0. The summed E-state index contributed by atoms with van der Waals surface area (Å²) in [6.45, 7) is 11.3. The van der Waals surface area contributed by atoms with Crippen LogP contribution in [0.25, 0.3) is 10.2 Å². The number of sulfonamides is 1. The number of aryl methyl sites for hydroxylation is 1. The van der Waals surface area contributed by atoms with Crippen molar-refractivity contribution in [1.82, 2.24) is 13.8 Å². The number of carbonyl (C=O) groups excluding carboxylic acids is 1. The summed E-state index contributed by atoms with van der Waals surface area (Å²) in [6.07, 6.45) is 0. The number of aromatic nitrogens is 1.